The molecule has 4 rings (SSSR count). The lowest BCUT2D eigenvalue weighted by Crippen LogP contribution is -2.39. The van der Waals surface area contributed by atoms with Gasteiger partial charge in [0.2, 0.25) is 0 Å². The molecule has 1 aromatic heterocycles. The van der Waals surface area contributed by atoms with Crippen LogP contribution in [0.4, 0.5) is 24.7 Å². The Morgan fingerprint density at radius 2 is 1.90 bits per heavy atom. The number of nitrogens with zero attached hydrogens (tertiary/aromatic N) is 4. The molecule has 0 bridgehead atoms. The third-order valence-electron chi connectivity index (χ3n) is 6.10. The van der Waals surface area contributed by atoms with E-state index in [1.54, 1.807) is 10.9 Å². The van der Waals surface area contributed by atoms with E-state index in [0.717, 1.165) is 37.9 Å². The molecule has 2 aromatic rings. The summed E-state index contributed by atoms with van der Waals surface area (Å²) < 4.78 is 40.2. The van der Waals surface area contributed by atoms with Gasteiger partial charge in [-0.05, 0) is 57.6 Å². The highest BCUT2D eigenvalue weighted by molar-refractivity contribution is 5.99. The number of halogens is 3. The highest BCUT2D eigenvalue weighted by Gasteiger charge is 2.39. The van der Waals surface area contributed by atoms with Crippen molar-refractivity contribution in [3.8, 4) is 0 Å². The van der Waals surface area contributed by atoms with Crippen LogP contribution in [0.5, 0.6) is 0 Å². The quantitative estimate of drug-likeness (QED) is 0.729. The van der Waals surface area contributed by atoms with E-state index < -0.39 is 17.6 Å². The van der Waals surface area contributed by atoms with Crippen LogP contribution in [0, 0.1) is 5.92 Å². The molecule has 10 heteroatoms. The second kappa shape index (κ2) is 7.99. The Balaban J connectivity index is 1.59. The second-order valence-electron chi connectivity index (χ2n) is 8.35. The van der Waals surface area contributed by atoms with Crippen molar-refractivity contribution in [2.24, 2.45) is 16.6 Å². The lowest BCUT2D eigenvalue weighted by Gasteiger charge is -2.37. The van der Waals surface area contributed by atoms with Crippen LogP contribution in [-0.4, -0.2) is 53.0 Å². The van der Waals surface area contributed by atoms with Gasteiger partial charge in [0.15, 0.2) is 5.82 Å². The van der Waals surface area contributed by atoms with Crippen LogP contribution in [0.25, 0.3) is 0 Å². The van der Waals surface area contributed by atoms with E-state index in [4.69, 9.17) is 5.73 Å². The van der Waals surface area contributed by atoms with Crippen LogP contribution in [0.1, 0.15) is 41.2 Å². The molecule has 31 heavy (non-hydrogen) atoms. The number of rotatable bonds is 6. The van der Waals surface area contributed by atoms with Gasteiger partial charge in [0.05, 0.1) is 18.2 Å². The van der Waals surface area contributed by atoms with Gasteiger partial charge >= 0.3 is 6.18 Å². The minimum atomic E-state index is -4.41. The Bertz CT molecular complexity index is 996. The van der Waals surface area contributed by atoms with Crippen LogP contribution >= 0.6 is 0 Å². The van der Waals surface area contributed by atoms with Crippen molar-refractivity contribution in [2.75, 3.05) is 26.0 Å². The summed E-state index contributed by atoms with van der Waals surface area (Å²) in [5, 5.41) is 7.51. The van der Waals surface area contributed by atoms with E-state index in [-0.39, 0.29) is 23.3 Å². The molecule has 7 nitrogen and oxygen atoms in total. The van der Waals surface area contributed by atoms with E-state index in [1.165, 1.54) is 17.8 Å². The normalized spacial score (nSPS) is 23.5. The van der Waals surface area contributed by atoms with Crippen molar-refractivity contribution in [2.45, 2.75) is 37.5 Å². The fraction of sp³-hybridized carbons (Fsp3) is 0.476. The van der Waals surface area contributed by atoms with Gasteiger partial charge < -0.3 is 16.0 Å². The largest absolute Gasteiger partial charge is 0.416 e. The molecule has 1 aliphatic carbocycles. The second-order valence-corrected chi connectivity index (χ2v) is 8.35. The molecule has 3 atom stereocenters. The topological polar surface area (TPSA) is 88.5 Å². The molecule has 1 aromatic carbocycles. The van der Waals surface area contributed by atoms with Gasteiger partial charge in [0.1, 0.15) is 5.56 Å². The summed E-state index contributed by atoms with van der Waals surface area (Å²) in [4.78, 5) is 18.6. The number of carbonyl (C=O) groups excluding carboxylic acids is 1. The van der Waals surface area contributed by atoms with E-state index in [9.17, 15) is 18.0 Å². The van der Waals surface area contributed by atoms with Crippen molar-refractivity contribution in [3.63, 3.8) is 0 Å². The first kappa shape index (κ1) is 21.4. The molecule has 2 heterocycles. The summed E-state index contributed by atoms with van der Waals surface area (Å²) >= 11 is 0. The van der Waals surface area contributed by atoms with Gasteiger partial charge in [-0.25, -0.2) is 0 Å². The highest BCUT2D eigenvalue weighted by atomic mass is 19.4. The number of anilines is 2. The summed E-state index contributed by atoms with van der Waals surface area (Å²) in [5.74, 6) is -0.179. The van der Waals surface area contributed by atoms with Crippen LogP contribution in [0.15, 0.2) is 35.5 Å². The highest BCUT2D eigenvalue weighted by Crippen LogP contribution is 2.39. The Hall–Kier alpha value is -2.88. The number of amides is 1. The molecule has 0 spiro atoms. The van der Waals surface area contributed by atoms with Gasteiger partial charge in [0.25, 0.3) is 5.91 Å². The van der Waals surface area contributed by atoms with Gasteiger partial charge in [-0.1, -0.05) is 0 Å². The van der Waals surface area contributed by atoms with Gasteiger partial charge in [-0.15, -0.1) is 0 Å². The Morgan fingerprint density at radius 3 is 2.45 bits per heavy atom. The zero-order valence-corrected chi connectivity index (χ0v) is 17.4. The summed E-state index contributed by atoms with van der Waals surface area (Å²) in [5.41, 5.74) is 6.56. The number of nitrogens with two attached hydrogens (primary N) is 1. The number of primary amides is 1. The Kier molecular flexibility index (Phi) is 5.50. The third kappa shape index (κ3) is 4.58. The minimum Gasteiger partial charge on any atom is -0.365 e. The van der Waals surface area contributed by atoms with Crippen LogP contribution in [0.2, 0.25) is 0 Å². The van der Waals surface area contributed by atoms with Crippen molar-refractivity contribution in [1.29, 1.82) is 0 Å². The molecule has 2 aliphatic rings. The zero-order chi connectivity index (χ0) is 22.3. The van der Waals surface area contributed by atoms with E-state index in [0.29, 0.717) is 11.7 Å². The number of carbonyl (C=O) groups is 1. The lowest BCUT2D eigenvalue weighted by atomic mass is 9.79. The van der Waals surface area contributed by atoms with Gasteiger partial charge in [-0.2, -0.15) is 18.3 Å². The zero-order valence-electron chi connectivity index (χ0n) is 17.4. The fourth-order valence-corrected chi connectivity index (χ4v) is 4.27. The molecule has 1 fully saturated rings. The van der Waals surface area contributed by atoms with Crippen molar-refractivity contribution >= 4 is 23.1 Å². The first-order valence-electron chi connectivity index (χ1n) is 10.2. The number of nitrogens with one attached hydrogen (secondary N) is 1. The van der Waals surface area contributed by atoms with Crippen LogP contribution in [0.3, 0.4) is 0 Å². The van der Waals surface area contributed by atoms with Crippen molar-refractivity contribution in [1.82, 2.24) is 14.7 Å². The maximum atomic E-state index is 12.8. The average molecular weight is 434 g/mol. The molecular formula is C21H25F3N6O. The SMILES string of the molecule is CN(C)[C@@H]1CC[C@H](n2cc(C(N)=O)c(Nc3ccc(C(F)(F)F)cc3)n2)[C@@H](C2=NC2)C1. The predicted octanol–water partition coefficient (Wildman–Crippen LogP) is 3.47. The van der Waals surface area contributed by atoms with Crippen LogP contribution < -0.4 is 11.1 Å². The molecule has 3 N–H and O–H groups in total. The number of aliphatic imine (C=N–C) groups is 1. The van der Waals surface area contributed by atoms with Gasteiger partial charge in [-0.3, -0.25) is 14.5 Å². The molecule has 0 saturated heterocycles. The lowest BCUT2D eigenvalue weighted by molar-refractivity contribution is -0.137. The van der Waals surface area contributed by atoms with Crippen molar-refractivity contribution in [3.05, 3.63) is 41.6 Å². The fourth-order valence-electron chi connectivity index (χ4n) is 4.27. The molecule has 0 unspecified atom stereocenters. The van der Waals surface area contributed by atoms with E-state index in [1.807, 2.05) is 0 Å². The first-order valence-corrected chi connectivity index (χ1v) is 10.2. The van der Waals surface area contributed by atoms with Gasteiger partial charge in [0, 0.05) is 29.6 Å². The number of hydrogen-bond donors (Lipinski definition) is 2. The molecule has 166 valence electrons. The Morgan fingerprint density at radius 1 is 1.23 bits per heavy atom. The Labute approximate surface area is 178 Å². The minimum absolute atomic E-state index is 0.0544. The summed E-state index contributed by atoms with van der Waals surface area (Å²) in [7, 11) is 4.14. The number of hydrogen-bond acceptors (Lipinski definition) is 5. The third-order valence-corrected chi connectivity index (χ3v) is 6.10. The van der Waals surface area contributed by atoms with E-state index >= 15 is 0 Å². The maximum Gasteiger partial charge on any atom is 0.416 e. The monoisotopic (exact) mass is 434 g/mol. The standard InChI is InChI=1S/C21H25F3N6O/c1-29(2)14-7-8-18(15(9-14)17-10-26-17)30-11-16(19(25)31)20(28-30)27-13-5-3-12(4-6-13)21(22,23)24/h3-6,11,14-15,18H,7-10H2,1-2H3,(H2,25,31)(H,27,28)/t14-,15-,18+/m1/s1. The first-order chi connectivity index (χ1) is 14.6. The predicted molar refractivity (Wildman–Crippen MR) is 112 cm³/mol. The molecule has 1 aliphatic heterocycles. The number of aromatic nitrogens is 2. The number of benzene rings is 1. The smallest absolute Gasteiger partial charge is 0.365 e. The van der Waals surface area contributed by atoms with Crippen LogP contribution in [-0.2, 0) is 6.18 Å². The molecular weight excluding hydrogens is 409 g/mol. The summed E-state index contributed by atoms with van der Waals surface area (Å²) in [6.45, 7) is 0.766. The number of alkyl halides is 3. The maximum absolute atomic E-state index is 12.8. The van der Waals surface area contributed by atoms with E-state index in [2.05, 4.69) is 34.4 Å². The average Bonchev–Trinajstić information content (AvgIpc) is 3.47. The summed E-state index contributed by atoms with van der Waals surface area (Å²) in [6.07, 6.45) is 0.0563. The molecule has 1 amide bonds. The van der Waals surface area contributed by atoms with Crippen molar-refractivity contribution < 1.29 is 18.0 Å². The molecule has 0 radical (unpaired) electrons. The summed E-state index contributed by atoms with van der Waals surface area (Å²) in [6, 6.07) is 5.08. The molecule has 1 saturated carbocycles.